The summed E-state index contributed by atoms with van der Waals surface area (Å²) in [5, 5.41) is 21.6. The third kappa shape index (κ3) is 10.6. The van der Waals surface area contributed by atoms with Gasteiger partial charge in [0.25, 0.3) is 0 Å². The van der Waals surface area contributed by atoms with Crippen molar-refractivity contribution in [2.45, 2.75) is 52.6 Å². The second-order valence-electron chi connectivity index (χ2n) is 7.34. The average Bonchev–Trinajstić information content (AvgIpc) is 2.54. The molecule has 0 aliphatic carbocycles. The third-order valence-electron chi connectivity index (χ3n) is 3.00. The first-order valence-electron chi connectivity index (χ1n) is 7.84. The van der Waals surface area contributed by atoms with E-state index < -0.39 is 0 Å². The predicted octanol–water partition coefficient (Wildman–Crippen LogP) is 5.05. The first-order chi connectivity index (χ1) is 11.0. The van der Waals surface area contributed by atoms with Gasteiger partial charge in [0, 0.05) is 12.4 Å². The second kappa shape index (κ2) is 13.0. The molecule has 7 heteroatoms. The van der Waals surface area contributed by atoms with Gasteiger partial charge in [-0.1, -0.05) is 12.1 Å². The van der Waals surface area contributed by atoms with Gasteiger partial charge in [-0.15, -0.1) is 0 Å². The van der Waals surface area contributed by atoms with Crippen LogP contribution in [0.4, 0.5) is 11.6 Å². The van der Waals surface area contributed by atoms with Crippen LogP contribution in [0.2, 0.25) is 0 Å². The molecule has 0 spiro atoms. The normalized spacial score (nSPS) is 10.1. The van der Waals surface area contributed by atoms with Crippen LogP contribution < -0.4 is 10.1 Å². The molecule has 0 amide bonds. The van der Waals surface area contributed by atoms with Gasteiger partial charge in [0.05, 0.1) is 11.1 Å². The van der Waals surface area contributed by atoms with Crippen molar-refractivity contribution in [1.82, 2.24) is 9.97 Å². The molecule has 2 N–H and O–H groups in total. The summed E-state index contributed by atoms with van der Waals surface area (Å²) in [5.41, 5.74) is -0.622. The van der Waals surface area contributed by atoms with Crippen LogP contribution in [-0.2, 0) is 26.2 Å². The smallest absolute Gasteiger partial charge is 0.358 e. The molecule has 0 unspecified atom stereocenters. The summed E-state index contributed by atoms with van der Waals surface area (Å²) in [5.74, 6) is 1.15. The maximum atomic E-state index is 9.63. The number of anilines is 2. The van der Waals surface area contributed by atoms with E-state index in [1.54, 1.807) is 24.5 Å². The van der Waals surface area contributed by atoms with Crippen molar-refractivity contribution in [3.63, 3.8) is 0 Å². The van der Waals surface area contributed by atoms with E-state index in [-0.39, 0.29) is 52.1 Å². The minimum Gasteiger partial charge on any atom is -0.358 e. The van der Waals surface area contributed by atoms with E-state index in [0.29, 0.717) is 11.6 Å². The van der Waals surface area contributed by atoms with Crippen LogP contribution in [0.15, 0.2) is 48.8 Å². The molecule has 2 aromatic heterocycles. The predicted molar refractivity (Wildman–Crippen MR) is 109 cm³/mol. The van der Waals surface area contributed by atoms with Crippen molar-refractivity contribution in [3.8, 4) is 0 Å². The molecule has 0 bridgehead atoms. The molecule has 6 nitrogen and oxygen atoms in total. The fraction of sp³-hybridized carbons (Fsp3) is 0.400. The van der Waals surface area contributed by atoms with Crippen molar-refractivity contribution >= 4 is 11.6 Å². The van der Waals surface area contributed by atoms with Crippen molar-refractivity contribution in [2.75, 3.05) is 10.1 Å². The maximum absolute atomic E-state index is 9.63. The van der Waals surface area contributed by atoms with Crippen LogP contribution in [-0.4, -0.2) is 31.5 Å². The molecule has 0 saturated carbocycles. The van der Waals surface area contributed by atoms with E-state index in [1.165, 1.54) is 0 Å². The number of hydrogen-bond acceptors (Lipinski definition) is 6. The summed E-state index contributed by atoms with van der Waals surface area (Å²) in [7, 11) is 0. The van der Waals surface area contributed by atoms with Crippen molar-refractivity contribution in [2.24, 2.45) is 0 Å². The Labute approximate surface area is 184 Å². The van der Waals surface area contributed by atoms with Gasteiger partial charge in [-0.25, -0.2) is 20.1 Å². The van der Waals surface area contributed by atoms with E-state index in [9.17, 15) is 10.4 Å². The summed E-state index contributed by atoms with van der Waals surface area (Å²) in [6.45, 7) is 11.5. The largest absolute Gasteiger partial charge is 4.00 e. The van der Waals surface area contributed by atoms with Gasteiger partial charge < -0.3 is 14.9 Å². The standard InChI is InChI=1S/2C9H14N2O.2CH3.Zr/c2*1-9(2,3)11(12)8-6-4-5-7-10-8;;;/h2*4-7,12H,1-3H3;2*1H3;/q;;2*-1;+4. The molecule has 2 rings (SSSR count). The van der Waals surface area contributed by atoms with Gasteiger partial charge in [0.2, 0.25) is 0 Å². The first kappa shape index (κ1) is 30.4. The molecule has 0 aromatic carbocycles. The number of hydroxylamine groups is 2. The molecular weight excluding hydrogens is 419 g/mol. The Hall–Kier alpha value is -1.30. The Morgan fingerprint density at radius 3 is 1.15 bits per heavy atom. The second-order valence-corrected chi connectivity index (χ2v) is 7.34. The molecule has 0 aliphatic heterocycles. The molecule has 2 aromatic rings. The molecule has 0 saturated heterocycles. The molecule has 148 valence electrons. The number of rotatable bonds is 2. The fourth-order valence-electron chi connectivity index (χ4n) is 1.65. The molecule has 0 radical (unpaired) electrons. The summed E-state index contributed by atoms with van der Waals surface area (Å²) in [6, 6.07) is 10.9. The quantitative estimate of drug-likeness (QED) is 0.490. The average molecular weight is 454 g/mol. The summed E-state index contributed by atoms with van der Waals surface area (Å²) < 4.78 is 0. The van der Waals surface area contributed by atoms with Crippen LogP contribution >= 0.6 is 0 Å². The maximum Gasteiger partial charge on any atom is 4.00 e. The number of pyridine rings is 2. The van der Waals surface area contributed by atoms with Crippen LogP contribution in [0.5, 0.6) is 0 Å². The van der Waals surface area contributed by atoms with Gasteiger partial charge in [0.1, 0.15) is 0 Å². The van der Waals surface area contributed by atoms with E-state index in [4.69, 9.17) is 0 Å². The van der Waals surface area contributed by atoms with E-state index >= 15 is 0 Å². The van der Waals surface area contributed by atoms with Crippen LogP contribution in [0.1, 0.15) is 41.5 Å². The zero-order valence-corrected chi connectivity index (χ0v) is 20.3. The third-order valence-corrected chi connectivity index (χ3v) is 3.00. The van der Waals surface area contributed by atoms with E-state index in [2.05, 4.69) is 9.97 Å². The zero-order valence-electron chi connectivity index (χ0n) is 17.8. The molecule has 27 heavy (non-hydrogen) atoms. The Bertz CT molecular complexity index is 543. The Balaban J connectivity index is -0.000000384. The monoisotopic (exact) mass is 452 g/mol. The SMILES string of the molecule is CC(C)(C)N(O)c1ccccn1.CC(C)(C)N(O)c1ccccn1.[CH3-].[CH3-].[Zr+4]. The Morgan fingerprint density at radius 1 is 0.667 bits per heavy atom. The molecule has 0 fully saturated rings. The van der Waals surface area contributed by atoms with Crippen molar-refractivity contribution < 1.29 is 36.6 Å². The van der Waals surface area contributed by atoms with Gasteiger partial charge >= 0.3 is 26.2 Å². The minimum absolute atomic E-state index is 0. The fourth-order valence-corrected chi connectivity index (χ4v) is 1.65. The minimum atomic E-state index is -0.311. The summed E-state index contributed by atoms with van der Waals surface area (Å²) >= 11 is 0. The van der Waals surface area contributed by atoms with Crippen LogP contribution in [0, 0.1) is 14.9 Å². The van der Waals surface area contributed by atoms with Crippen LogP contribution in [0.3, 0.4) is 0 Å². The Morgan fingerprint density at radius 2 is 0.963 bits per heavy atom. The number of hydrogen-bond donors (Lipinski definition) is 2. The van der Waals surface area contributed by atoms with Gasteiger partial charge in [0.15, 0.2) is 11.6 Å². The van der Waals surface area contributed by atoms with E-state index in [1.807, 2.05) is 65.8 Å². The van der Waals surface area contributed by atoms with Crippen LogP contribution in [0.25, 0.3) is 0 Å². The molecule has 0 atom stereocenters. The molecule has 0 aliphatic rings. The van der Waals surface area contributed by atoms with E-state index in [0.717, 1.165) is 10.1 Å². The van der Waals surface area contributed by atoms with Gasteiger partial charge in [-0.05, 0) is 65.8 Å². The van der Waals surface area contributed by atoms with Crippen molar-refractivity contribution in [3.05, 3.63) is 63.6 Å². The summed E-state index contributed by atoms with van der Waals surface area (Å²) in [4.78, 5) is 8.04. The van der Waals surface area contributed by atoms with Crippen molar-refractivity contribution in [1.29, 1.82) is 0 Å². The topological polar surface area (TPSA) is 72.7 Å². The Kier molecular flexibility index (Phi) is 14.6. The number of aromatic nitrogens is 2. The number of nitrogens with zero attached hydrogens (tertiary/aromatic N) is 4. The molecular formula is C20H34N4O2Zr+2. The zero-order chi connectivity index (χ0) is 18.4. The van der Waals surface area contributed by atoms with Gasteiger partial charge in [-0.2, -0.15) is 0 Å². The first-order valence-corrected chi connectivity index (χ1v) is 7.84. The van der Waals surface area contributed by atoms with Gasteiger partial charge in [-0.3, -0.25) is 10.4 Å². The summed E-state index contributed by atoms with van der Waals surface area (Å²) in [6.07, 6.45) is 3.31. The molecule has 2 heterocycles.